The average Bonchev–Trinajstić information content (AvgIpc) is 3.09. The van der Waals surface area contributed by atoms with E-state index >= 15 is 0 Å². The molecule has 32 heavy (non-hydrogen) atoms. The first-order valence-corrected chi connectivity index (χ1v) is 10.7. The van der Waals surface area contributed by atoms with Gasteiger partial charge < -0.3 is 10.0 Å². The number of Topliss-reactive ketones (excluding diaryl/α,β-unsaturated/α-hetero) is 1. The third kappa shape index (κ3) is 3.03. The Morgan fingerprint density at radius 1 is 0.906 bits per heavy atom. The Labute approximate surface area is 187 Å². The van der Waals surface area contributed by atoms with Crippen molar-refractivity contribution in [3.8, 4) is 0 Å². The van der Waals surface area contributed by atoms with E-state index in [0.717, 1.165) is 11.1 Å². The van der Waals surface area contributed by atoms with Crippen molar-refractivity contribution in [2.75, 3.05) is 0 Å². The van der Waals surface area contributed by atoms with Crippen LogP contribution in [0.2, 0.25) is 0 Å². The molecule has 3 unspecified atom stereocenters. The normalized spacial score (nSPS) is 24.8. The van der Waals surface area contributed by atoms with Crippen LogP contribution in [-0.2, 0) is 10.4 Å². The highest BCUT2D eigenvalue weighted by molar-refractivity contribution is 6.05. The number of carbonyl (C=O) groups excluding carboxylic acids is 2. The third-order valence-electron chi connectivity index (χ3n) is 6.44. The van der Waals surface area contributed by atoms with Gasteiger partial charge in [0.05, 0.1) is 17.7 Å². The Morgan fingerprint density at radius 2 is 1.53 bits per heavy atom. The molecule has 1 N–H and O–H groups in total. The summed E-state index contributed by atoms with van der Waals surface area (Å²) in [4.78, 5) is 28.2. The minimum Gasteiger partial charge on any atom is -0.378 e. The zero-order valence-electron chi connectivity index (χ0n) is 17.7. The zero-order valence-corrected chi connectivity index (χ0v) is 17.7. The van der Waals surface area contributed by atoms with Crippen molar-refractivity contribution in [1.29, 1.82) is 0 Å². The van der Waals surface area contributed by atoms with E-state index in [0.29, 0.717) is 16.8 Å². The van der Waals surface area contributed by atoms with Gasteiger partial charge in [0.2, 0.25) is 0 Å². The topological polar surface area (TPSA) is 57.6 Å². The summed E-state index contributed by atoms with van der Waals surface area (Å²) >= 11 is 0. The van der Waals surface area contributed by atoms with E-state index in [2.05, 4.69) is 0 Å². The van der Waals surface area contributed by atoms with E-state index in [-0.39, 0.29) is 11.6 Å². The monoisotopic (exact) mass is 421 g/mol. The average molecular weight is 421 g/mol. The maximum atomic E-state index is 13.2. The zero-order chi connectivity index (χ0) is 22.3. The maximum Gasteiger partial charge on any atom is 0.187 e. The van der Waals surface area contributed by atoms with Crippen LogP contribution in [0.25, 0.3) is 6.08 Å². The van der Waals surface area contributed by atoms with Gasteiger partial charge in [-0.05, 0) is 29.7 Å². The summed E-state index contributed by atoms with van der Waals surface area (Å²) in [6, 6.07) is 25.6. The predicted molar refractivity (Wildman–Crippen MR) is 123 cm³/mol. The van der Waals surface area contributed by atoms with Gasteiger partial charge in [-0.25, -0.2) is 0 Å². The number of ketones is 2. The number of benzene rings is 3. The Bertz CT molecular complexity index is 1250. The molecule has 4 nitrogen and oxygen atoms in total. The molecule has 1 saturated heterocycles. The van der Waals surface area contributed by atoms with Gasteiger partial charge in [-0.3, -0.25) is 9.59 Å². The summed E-state index contributed by atoms with van der Waals surface area (Å²) < 4.78 is 0. The summed E-state index contributed by atoms with van der Waals surface area (Å²) in [7, 11) is 0. The molecule has 0 radical (unpaired) electrons. The SMILES string of the molecule is CC(=O)C1C2c3ccccc3C=CN2/C(=C/C(=O)c2ccccc2)C1(O)c1ccccc1. The second kappa shape index (κ2) is 7.74. The minimum atomic E-state index is -1.65. The lowest BCUT2D eigenvalue weighted by molar-refractivity contribution is -0.128. The van der Waals surface area contributed by atoms with Gasteiger partial charge in [-0.15, -0.1) is 0 Å². The molecule has 158 valence electrons. The smallest absolute Gasteiger partial charge is 0.187 e. The minimum absolute atomic E-state index is 0.132. The summed E-state index contributed by atoms with van der Waals surface area (Å²) in [5.74, 6) is -1.12. The van der Waals surface area contributed by atoms with E-state index < -0.39 is 17.6 Å². The number of hydrogen-bond donors (Lipinski definition) is 1. The number of hydrogen-bond acceptors (Lipinski definition) is 4. The van der Waals surface area contributed by atoms with Crippen LogP contribution in [0.15, 0.2) is 103 Å². The molecular formula is C28H23NO3. The second-order valence-electron chi connectivity index (χ2n) is 8.28. The lowest BCUT2D eigenvalue weighted by Gasteiger charge is -2.31. The number of rotatable bonds is 4. The quantitative estimate of drug-likeness (QED) is 0.482. The van der Waals surface area contributed by atoms with Crippen molar-refractivity contribution in [3.05, 3.63) is 125 Å². The highest BCUT2D eigenvalue weighted by atomic mass is 16.3. The van der Waals surface area contributed by atoms with Crippen LogP contribution in [0, 0.1) is 5.92 Å². The number of nitrogens with zero attached hydrogens (tertiary/aromatic N) is 1. The van der Waals surface area contributed by atoms with Crippen LogP contribution in [0.1, 0.15) is 40.0 Å². The van der Waals surface area contributed by atoms with Crippen molar-refractivity contribution in [1.82, 2.24) is 4.90 Å². The Balaban J connectivity index is 1.76. The first-order chi connectivity index (χ1) is 15.5. The van der Waals surface area contributed by atoms with Gasteiger partial charge in [0, 0.05) is 17.8 Å². The molecule has 0 aliphatic carbocycles. The number of fused-ring (bicyclic) bond motifs is 3. The Morgan fingerprint density at radius 3 is 2.22 bits per heavy atom. The van der Waals surface area contributed by atoms with Crippen LogP contribution in [0.5, 0.6) is 0 Å². The molecule has 4 heteroatoms. The largest absolute Gasteiger partial charge is 0.378 e. The van der Waals surface area contributed by atoms with Crippen LogP contribution in [0.4, 0.5) is 0 Å². The number of carbonyl (C=O) groups is 2. The Hall–Kier alpha value is -3.76. The molecule has 1 fully saturated rings. The molecule has 2 aliphatic heterocycles. The number of allylic oxidation sites excluding steroid dienone is 1. The van der Waals surface area contributed by atoms with Crippen LogP contribution >= 0.6 is 0 Å². The van der Waals surface area contributed by atoms with Crippen molar-refractivity contribution in [2.45, 2.75) is 18.6 Å². The fourth-order valence-corrected chi connectivity index (χ4v) is 5.02. The van der Waals surface area contributed by atoms with Crippen LogP contribution in [-0.4, -0.2) is 21.6 Å². The fraction of sp³-hybridized carbons (Fsp3) is 0.143. The van der Waals surface area contributed by atoms with Crippen molar-refractivity contribution >= 4 is 17.6 Å². The van der Waals surface area contributed by atoms with Gasteiger partial charge >= 0.3 is 0 Å². The molecule has 0 amide bonds. The lowest BCUT2D eigenvalue weighted by Crippen LogP contribution is -2.38. The maximum absolute atomic E-state index is 13.2. The molecule has 5 rings (SSSR count). The molecule has 3 atom stereocenters. The van der Waals surface area contributed by atoms with E-state index in [1.807, 2.05) is 90.0 Å². The molecule has 0 bridgehead atoms. The predicted octanol–water partition coefficient (Wildman–Crippen LogP) is 4.89. The number of aliphatic hydroxyl groups is 1. The highest BCUT2D eigenvalue weighted by Gasteiger charge is 2.59. The molecular weight excluding hydrogens is 398 g/mol. The Kier molecular flexibility index (Phi) is 4.87. The molecule has 2 aliphatic rings. The van der Waals surface area contributed by atoms with Crippen molar-refractivity contribution < 1.29 is 14.7 Å². The first-order valence-electron chi connectivity index (χ1n) is 10.7. The molecule has 3 aromatic carbocycles. The summed E-state index contributed by atoms with van der Waals surface area (Å²) in [6.45, 7) is 1.51. The van der Waals surface area contributed by atoms with Crippen LogP contribution < -0.4 is 0 Å². The fourth-order valence-electron chi connectivity index (χ4n) is 5.02. The van der Waals surface area contributed by atoms with E-state index in [9.17, 15) is 14.7 Å². The summed E-state index contributed by atoms with van der Waals surface area (Å²) in [5.41, 5.74) is 1.84. The molecule has 0 saturated carbocycles. The van der Waals surface area contributed by atoms with Gasteiger partial charge in [0.15, 0.2) is 5.78 Å². The van der Waals surface area contributed by atoms with Crippen molar-refractivity contribution in [2.24, 2.45) is 5.92 Å². The second-order valence-corrected chi connectivity index (χ2v) is 8.28. The highest BCUT2D eigenvalue weighted by Crippen LogP contribution is 2.57. The van der Waals surface area contributed by atoms with E-state index in [1.165, 1.54) is 13.0 Å². The molecule has 2 heterocycles. The van der Waals surface area contributed by atoms with E-state index in [4.69, 9.17) is 0 Å². The first kappa shape index (κ1) is 20.2. The standard InChI is InChI=1S/C28H23NO3/c1-19(30)26-27-23-15-9-8-10-20(23)16-17-29(27)25(18-24(31)21-11-4-2-5-12-21)28(26,32)22-13-6-3-7-14-22/h2-18,26-27,32H,1H3/b25-18+. The van der Waals surface area contributed by atoms with Gasteiger partial charge in [0.1, 0.15) is 11.4 Å². The van der Waals surface area contributed by atoms with Gasteiger partial charge in [-0.1, -0.05) is 84.9 Å². The lowest BCUT2D eigenvalue weighted by atomic mass is 9.74. The molecule has 0 spiro atoms. The summed E-state index contributed by atoms with van der Waals surface area (Å²) in [5, 5.41) is 12.3. The van der Waals surface area contributed by atoms with Crippen LogP contribution in [0.3, 0.4) is 0 Å². The van der Waals surface area contributed by atoms with E-state index in [1.54, 1.807) is 12.1 Å². The molecule has 0 aromatic heterocycles. The van der Waals surface area contributed by atoms with Crippen molar-refractivity contribution in [3.63, 3.8) is 0 Å². The summed E-state index contributed by atoms with van der Waals surface area (Å²) in [6.07, 6.45) is 5.31. The third-order valence-corrected chi connectivity index (χ3v) is 6.44. The van der Waals surface area contributed by atoms with Gasteiger partial charge in [-0.2, -0.15) is 0 Å². The van der Waals surface area contributed by atoms with Gasteiger partial charge in [0.25, 0.3) is 0 Å². The molecule has 3 aromatic rings.